The third-order valence-corrected chi connectivity index (χ3v) is 7.52. The van der Waals surface area contributed by atoms with Crippen LogP contribution in [-0.4, -0.2) is 55.6 Å². The van der Waals surface area contributed by atoms with Gasteiger partial charge in [-0.05, 0) is 12.8 Å². The highest BCUT2D eigenvalue weighted by atomic mass is 28.4. The predicted molar refractivity (Wildman–Crippen MR) is 98.3 cm³/mol. The molecule has 0 amide bonds. The van der Waals surface area contributed by atoms with Gasteiger partial charge in [-0.25, -0.2) is 0 Å². The Kier molecular flexibility index (Phi) is 12.2. The van der Waals surface area contributed by atoms with Crippen LogP contribution in [0.2, 0.25) is 6.04 Å². The van der Waals surface area contributed by atoms with Crippen molar-refractivity contribution in [3.63, 3.8) is 0 Å². The molecule has 0 aromatic heterocycles. The molecule has 0 spiro atoms. The molecular formula is C18H38O5Si. The van der Waals surface area contributed by atoms with Gasteiger partial charge in [0.1, 0.15) is 6.10 Å². The van der Waals surface area contributed by atoms with Crippen molar-refractivity contribution in [3.8, 4) is 0 Å². The van der Waals surface area contributed by atoms with Crippen molar-refractivity contribution < 1.29 is 22.8 Å². The van der Waals surface area contributed by atoms with E-state index >= 15 is 0 Å². The van der Waals surface area contributed by atoms with Gasteiger partial charge in [-0.15, -0.1) is 0 Å². The summed E-state index contributed by atoms with van der Waals surface area (Å²) < 4.78 is 27.9. The first-order valence-electron chi connectivity index (χ1n) is 9.58. The van der Waals surface area contributed by atoms with Gasteiger partial charge in [0.2, 0.25) is 0 Å². The lowest BCUT2D eigenvalue weighted by Crippen LogP contribution is -2.43. The minimum Gasteiger partial charge on any atom is -0.377 e. The van der Waals surface area contributed by atoms with E-state index in [9.17, 15) is 0 Å². The van der Waals surface area contributed by atoms with Crippen LogP contribution in [0, 0.1) is 0 Å². The topological polar surface area (TPSA) is 49.5 Å². The number of unbranched alkanes of at least 4 members (excludes halogenated alkanes) is 6. The van der Waals surface area contributed by atoms with E-state index in [1.165, 1.54) is 44.9 Å². The van der Waals surface area contributed by atoms with Gasteiger partial charge in [-0.3, -0.25) is 0 Å². The first-order valence-corrected chi connectivity index (χ1v) is 11.5. The van der Waals surface area contributed by atoms with Gasteiger partial charge in [0.15, 0.2) is 0 Å². The fourth-order valence-corrected chi connectivity index (χ4v) is 4.73. The molecule has 1 rings (SSSR count). The minimum atomic E-state index is -2.50. The van der Waals surface area contributed by atoms with Gasteiger partial charge in [0.25, 0.3) is 0 Å². The molecule has 0 saturated carbocycles. The Balaban J connectivity index is 2.25. The second-order valence-electron chi connectivity index (χ2n) is 6.65. The number of epoxide rings is 1. The molecule has 0 bridgehead atoms. The van der Waals surface area contributed by atoms with Crippen LogP contribution < -0.4 is 0 Å². The number of ether oxygens (including phenoxy) is 2. The molecule has 2 unspecified atom stereocenters. The summed E-state index contributed by atoms with van der Waals surface area (Å²) in [6, 6.07) is 0.795. The highest BCUT2D eigenvalue weighted by molar-refractivity contribution is 6.60. The maximum Gasteiger partial charge on any atom is 0.500 e. The summed E-state index contributed by atoms with van der Waals surface area (Å²) in [6.07, 6.45) is 11.9. The van der Waals surface area contributed by atoms with Gasteiger partial charge in [0, 0.05) is 27.4 Å². The predicted octanol–water partition coefficient (Wildman–Crippen LogP) is 4.18. The largest absolute Gasteiger partial charge is 0.500 e. The molecule has 2 atom stereocenters. The van der Waals surface area contributed by atoms with E-state index in [2.05, 4.69) is 6.92 Å². The Morgan fingerprint density at radius 1 is 0.917 bits per heavy atom. The maximum atomic E-state index is 6.07. The lowest BCUT2D eigenvalue weighted by Gasteiger charge is -2.26. The van der Waals surface area contributed by atoms with Gasteiger partial charge < -0.3 is 22.8 Å². The smallest absolute Gasteiger partial charge is 0.377 e. The summed E-state index contributed by atoms with van der Waals surface area (Å²) in [6.45, 7) is 3.81. The Labute approximate surface area is 149 Å². The van der Waals surface area contributed by atoms with E-state index in [0.29, 0.717) is 12.7 Å². The summed E-state index contributed by atoms with van der Waals surface area (Å²) in [5, 5.41) is 0. The van der Waals surface area contributed by atoms with Crippen LogP contribution in [0.4, 0.5) is 0 Å². The first-order chi connectivity index (χ1) is 11.7. The Morgan fingerprint density at radius 3 is 2.04 bits per heavy atom. The number of hydrogen-bond acceptors (Lipinski definition) is 5. The molecule has 1 fully saturated rings. The normalized spacial score (nSPS) is 18.8. The van der Waals surface area contributed by atoms with Crippen molar-refractivity contribution in [1.82, 2.24) is 0 Å². The molecule has 1 heterocycles. The van der Waals surface area contributed by atoms with Crippen molar-refractivity contribution in [2.45, 2.75) is 83.0 Å². The average Bonchev–Trinajstić information content (AvgIpc) is 3.44. The molecule has 1 aliphatic rings. The monoisotopic (exact) mass is 362 g/mol. The third-order valence-electron chi connectivity index (χ3n) is 4.76. The zero-order valence-electron chi connectivity index (χ0n) is 16.2. The maximum absolute atomic E-state index is 6.07. The zero-order valence-corrected chi connectivity index (χ0v) is 17.2. The average molecular weight is 363 g/mol. The van der Waals surface area contributed by atoms with Crippen molar-refractivity contribution in [2.75, 3.05) is 34.5 Å². The van der Waals surface area contributed by atoms with Crippen molar-refractivity contribution in [1.29, 1.82) is 0 Å². The molecule has 1 saturated heterocycles. The Bertz CT molecular complexity index is 287. The van der Waals surface area contributed by atoms with Crippen LogP contribution in [0.3, 0.4) is 0 Å². The summed E-state index contributed by atoms with van der Waals surface area (Å²) in [5.41, 5.74) is 0. The zero-order chi connectivity index (χ0) is 17.7. The van der Waals surface area contributed by atoms with Crippen LogP contribution in [0.25, 0.3) is 0 Å². The van der Waals surface area contributed by atoms with E-state index in [-0.39, 0.29) is 6.10 Å². The van der Waals surface area contributed by atoms with E-state index in [1.54, 1.807) is 21.3 Å². The highest BCUT2D eigenvalue weighted by Crippen LogP contribution is 2.22. The molecule has 1 aliphatic heterocycles. The van der Waals surface area contributed by atoms with Crippen molar-refractivity contribution >= 4 is 8.80 Å². The summed E-state index contributed by atoms with van der Waals surface area (Å²) in [5.74, 6) is 0. The standard InChI is InChI=1S/C18H38O5Si/c1-5-6-7-8-9-10-11-12-17(22-15-18-16-23-18)13-14-24(19-2,20-3)21-4/h17-18H,5-16H2,1-4H3. The lowest BCUT2D eigenvalue weighted by molar-refractivity contribution is 0.0284. The number of hydrogen-bond donors (Lipinski definition) is 0. The van der Waals surface area contributed by atoms with E-state index in [1.807, 2.05) is 0 Å². The van der Waals surface area contributed by atoms with Crippen LogP contribution >= 0.6 is 0 Å². The van der Waals surface area contributed by atoms with Gasteiger partial charge in [-0.2, -0.15) is 0 Å². The SMILES string of the molecule is CCCCCCCCCC(CC[Si](OC)(OC)OC)OCC1CO1. The van der Waals surface area contributed by atoms with Crippen molar-refractivity contribution in [2.24, 2.45) is 0 Å². The fourth-order valence-electron chi connectivity index (χ4n) is 2.94. The number of rotatable bonds is 17. The Morgan fingerprint density at radius 2 is 1.50 bits per heavy atom. The Hall–Kier alpha value is 0.0169. The molecule has 6 heteroatoms. The quantitative estimate of drug-likeness (QED) is 0.221. The molecule has 0 aromatic rings. The van der Waals surface area contributed by atoms with Gasteiger partial charge in [-0.1, -0.05) is 51.9 Å². The van der Waals surface area contributed by atoms with Crippen LogP contribution in [0.15, 0.2) is 0 Å². The second-order valence-corrected chi connectivity index (χ2v) is 9.75. The summed E-state index contributed by atoms with van der Waals surface area (Å²) >= 11 is 0. The summed E-state index contributed by atoms with van der Waals surface area (Å²) in [7, 11) is 2.51. The molecule has 0 aliphatic carbocycles. The van der Waals surface area contributed by atoms with Gasteiger partial charge >= 0.3 is 8.80 Å². The molecule has 0 aromatic carbocycles. The molecule has 144 valence electrons. The fraction of sp³-hybridized carbons (Fsp3) is 1.00. The molecule has 0 radical (unpaired) electrons. The lowest BCUT2D eigenvalue weighted by atomic mass is 10.1. The van der Waals surface area contributed by atoms with Crippen LogP contribution in [-0.2, 0) is 22.8 Å². The van der Waals surface area contributed by atoms with E-state index in [4.69, 9.17) is 22.8 Å². The van der Waals surface area contributed by atoms with Crippen LogP contribution in [0.1, 0.15) is 64.7 Å². The third kappa shape index (κ3) is 9.49. The molecule has 0 N–H and O–H groups in total. The molecule has 24 heavy (non-hydrogen) atoms. The van der Waals surface area contributed by atoms with Gasteiger partial charge in [0.05, 0.1) is 19.3 Å². The van der Waals surface area contributed by atoms with E-state index in [0.717, 1.165) is 25.5 Å². The van der Waals surface area contributed by atoms with Crippen molar-refractivity contribution in [3.05, 3.63) is 0 Å². The first kappa shape index (κ1) is 22.1. The highest BCUT2D eigenvalue weighted by Gasteiger charge is 2.38. The summed E-state index contributed by atoms with van der Waals surface area (Å²) in [4.78, 5) is 0. The van der Waals surface area contributed by atoms with Crippen LogP contribution in [0.5, 0.6) is 0 Å². The molecular weight excluding hydrogens is 324 g/mol. The second kappa shape index (κ2) is 13.3. The van der Waals surface area contributed by atoms with E-state index < -0.39 is 8.80 Å². The molecule has 5 nitrogen and oxygen atoms in total. The minimum absolute atomic E-state index is 0.247.